The maximum Gasteiger partial charge on any atom is 0.239 e. The Kier molecular flexibility index (Phi) is 5.02. The molecule has 0 aromatic heterocycles. The molecule has 0 spiro atoms. The van der Waals surface area contributed by atoms with Crippen LogP contribution in [-0.2, 0) is 11.3 Å². The lowest BCUT2D eigenvalue weighted by Crippen LogP contribution is -2.34. The Morgan fingerprint density at radius 3 is 2.50 bits per heavy atom. The number of likely N-dealkylation sites (N-methyl/N-ethyl adjacent to an activating group) is 1. The van der Waals surface area contributed by atoms with Crippen molar-refractivity contribution in [1.82, 2.24) is 5.32 Å². The second kappa shape index (κ2) is 7.37. The molecule has 4 heteroatoms. The minimum absolute atomic E-state index is 0.0365. The molecule has 3 nitrogen and oxygen atoms in total. The Labute approximate surface area is 146 Å². The Balaban J connectivity index is 1.61. The second-order valence-electron chi connectivity index (χ2n) is 5.76. The number of halogens is 1. The fourth-order valence-corrected chi connectivity index (χ4v) is 2.81. The molecule has 3 rings (SSSR count). The van der Waals surface area contributed by atoms with Crippen molar-refractivity contribution in [3.05, 3.63) is 77.3 Å². The summed E-state index contributed by atoms with van der Waals surface area (Å²) in [4.78, 5) is 14.1. The Hall–Kier alpha value is -2.52. The van der Waals surface area contributed by atoms with Gasteiger partial charge < -0.3 is 10.2 Å². The minimum atomic E-state index is -0.0365. The van der Waals surface area contributed by atoms with E-state index in [9.17, 15) is 4.79 Å². The van der Waals surface area contributed by atoms with Gasteiger partial charge in [0.25, 0.3) is 0 Å². The molecule has 1 N–H and O–H groups in total. The van der Waals surface area contributed by atoms with E-state index in [2.05, 4.69) is 29.6 Å². The van der Waals surface area contributed by atoms with Gasteiger partial charge in [0.15, 0.2) is 0 Å². The second-order valence-corrected chi connectivity index (χ2v) is 6.16. The Bertz CT molecular complexity index is 863. The first-order chi connectivity index (χ1) is 11.6. The zero-order valence-electron chi connectivity index (χ0n) is 13.5. The molecular weight excluding hydrogens is 320 g/mol. The van der Waals surface area contributed by atoms with Crippen molar-refractivity contribution in [1.29, 1.82) is 0 Å². The minimum Gasteiger partial charge on any atom is -0.365 e. The molecule has 3 aromatic rings. The smallest absolute Gasteiger partial charge is 0.239 e. The van der Waals surface area contributed by atoms with Gasteiger partial charge in [0.1, 0.15) is 0 Å². The predicted octanol–water partition coefficient (Wildman–Crippen LogP) is 4.25. The van der Waals surface area contributed by atoms with E-state index in [1.165, 1.54) is 10.8 Å². The topological polar surface area (TPSA) is 32.3 Å². The number of carbonyl (C=O) groups is 1. The zero-order chi connectivity index (χ0) is 16.9. The summed E-state index contributed by atoms with van der Waals surface area (Å²) in [5.41, 5.74) is 1.93. The molecule has 0 saturated carbocycles. The van der Waals surface area contributed by atoms with Crippen LogP contribution >= 0.6 is 11.6 Å². The van der Waals surface area contributed by atoms with Crippen LogP contribution in [0.15, 0.2) is 66.7 Å². The number of hydrogen-bond donors (Lipinski definition) is 1. The summed E-state index contributed by atoms with van der Waals surface area (Å²) in [6, 6.07) is 21.9. The third-order valence-electron chi connectivity index (χ3n) is 3.99. The Morgan fingerprint density at radius 2 is 1.71 bits per heavy atom. The third kappa shape index (κ3) is 3.87. The Morgan fingerprint density at radius 1 is 1.00 bits per heavy atom. The van der Waals surface area contributed by atoms with E-state index in [1.807, 2.05) is 54.4 Å². The third-order valence-corrected chi connectivity index (χ3v) is 4.36. The van der Waals surface area contributed by atoms with Crippen molar-refractivity contribution < 1.29 is 4.79 Å². The van der Waals surface area contributed by atoms with Crippen molar-refractivity contribution in [2.24, 2.45) is 0 Å². The summed E-state index contributed by atoms with van der Waals surface area (Å²) >= 11 is 6.10. The first-order valence-electron chi connectivity index (χ1n) is 7.83. The van der Waals surface area contributed by atoms with Crippen molar-refractivity contribution in [2.45, 2.75) is 6.54 Å². The van der Waals surface area contributed by atoms with Crippen LogP contribution in [0.5, 0.6) is 0 Å². The molecule has 0 heterocycles. The maximum absolute atomic E-state index is 12.2. The van der Waals surface area contributed by atoms with E-state index in [4.69, 9.17) is 11.6 Å². The number of amides is 1. The molecule has 0 saturated heterocycles. The molecule has 0 bridgehead atoms. The quantitative estimate of drug-likeness (QED) is 0.754. The van der Waals surface area contributed by atoms with Crippen LogP contribution < -0.4 is 10.2 Å². The molecule has 24 heavy (non-hydrogen) atoms. The molecule has 0 unspecified atom stereocenters. The molecule has 0 aliphatic carbocycles. The highest BCUT2D eigenvalue weighted by molar-refractivity contribution is 6.31. The highest BCUT2D eigenvalue weighted by atomic mass is 35.5. The average molecular weight is 339 g/mol. The molecule has 0 aliphatic rings. The van der Waals surface area contributed by atoms with Gasteiger partial charge in [-0.2, -0.15) is 0 Å². The SMILES string of the molecule is CN(CC(=O)NCc1ccccc1Cl)c1ccc2ccccc2c1. The number of benzene rings is 3. The van der Waals surface area contributed by atoms with Gasteiger partial charge in [0.05, 0.1) is 6.54 Å². The molecule has 3 aromatic carbocycles. The van der Waals surface area contributed by atoms with Crippen LogP contribution in [0, 0.1) is 0 Å². The monoisotopic (exact) mass is 338 g/mol. The molecule has 0 aliphatic heterocycles. The van der Waals surface area contributed by atoms with Crippen molar-refractivity contribution in [2.75, 3.05) is 18.5 Å². The van der Waals surface area contributed by atoms with Crippen molar-refractivity contribution in [3.63, 3.8) is 0 Å². The van der Waals surface area contributed by atoms with E-state index in [0.717, 1.165) is 11.3 Å². The van der Waals surface area contributed by atoms with Crippen LogP contribution in [0.2, 0.25) is 5.02 Å². The maximum atomic E-state index is 12.2. The summed E-state index contributed by atoms with van der Waals surface area (Å²) in [6.07, 6.45) is 0. The number of rotatable bonds is 5. The van der Waals surface area contributed by atoms with Gasteiger partial charge >= 0.3 is 0 Å². The van der Waals surface area contributed by atoms with Gasteiger partial charge in [0.2, 0.25) is 5.91 Å². The van der Waals surface area contributed by atoms with Gasteiger partial charge in [-0.25, -0.2) is 0 Å². The average Bonchev–Trinajstić information content (AvgIpc) is 2.60. The number of nitrogens with one attached hydrogen (secondary N) is 1. The van der Waals surface area contributed by atoms with Crippen LogP contribution in [0.1, 0.15) is 5.56 Å². The molecule has 122 valence electrons. The van der Waals surface area contributed by atoms with E-state index in [1.54, 1.807) is 0 Å². The highest BCUT2D eigenvalue weighted by Gasteiger charge is 2.08. The standard InChI is InChI=1S/C20H19ClN2O/c1-23(18-11-10-15-6-2-3-7-16(15)12-18)14-20(24)22-13-17-8-4-5-9-19(17)21/h2-12H,13-14H2,1H3,(H,22,24). The van der Waals surface area contributed by atoms with Crippen LogP contribution in [0.3, 0.4) is 0 Å². The van der Waals surface area contributed by atoms with Crippen molar-refractivity contribution in [3.8, 4) is 0 Å². The van der Waals surface area contributed by atoms with Gasteiger partial charge in [-0.3, -0.25) is 4.79 Å². The number of carbonyl (C=O) groups excluding carboxylic acids is 1. The highest BCUT2D eigenvalue weighted by Crippen LogP contribution is 2.21. The predicted molar refractivity (Wildman–Crippen MR) is 101 cm³/mol. The first kappa shape index (κ1) is 16.3. The largest absolute Gasteiger partial charge is 0.365 e. The first-order valence-corrected chi connectivity index (χ1v) is 8.21. The molecular formula is C20H19ClN2O. The van der Waals surface area contributed by atoms with Crippen LogP contribution in [0.4, 0.5) is 5.69 Å². The van der Waals surface area contributed by atoms with E-state index < -0.39 is 0 Å². The lowest BCUT2D eigenvalue weighted by molar-refractivity contribution is -0.119. The summed E-state index contributed by atoms with van der Waals surface area (Å²) in [7, 11) is 1.92. The van der Waals surface area contributed by atoms with Gasteiger partial charge in [-0.1, -0.05) is 60.1 Å². The van der Waals surface area contributed by atoms with E-state index >= 15 is 0 Å². The summed E-state index contributed by atoms with van der Waals surface area (Å²) in [5, 5.41) is 5.94. The van der Waals surface area contributed by atoms with E-state index in [-0.39, 0.29) is 5.91 Å². The number of anilines is 1. The summed E-state index contributed by atoms with van der Waals surface area (Å²) in [6.45, 7) is 0.729. The van der Waals surface area contributed by atoms with Crippen LogP contribution in [-0.4, -0.2) is 19.5 Å². The normalized spacial score (nSPS) is 10.6. The molecule has 0 radical (unpaired) electrons. The van der Waals surface area contributed by atoms with E-state index in [0.29, 0.717) is 18.1 Å². The lowest BCUT2D eigenvalue weighted by Gasteiger charge is -2.19. The fourth-order valence-electron chi connectivity index (χ4n) is 2.61. The number of hydrogen-bond acceptors (Lipinski definition) is 2. The molecule has 0 atom stereocenters. The van der Waals surface area contributed by atoms with Gasteiger partial charge in [-0.05, 0) is 34.5 Å². The zero-order valence-corrected chi connectivity index (χ0v) is 14.3. The summed E-state index contributed by atoms with van der Waals surface area (Å²) in [5.74, 6) is -0.0365. The van der Waals surface area contributed by atoms with Gasteiger partial charge in [0, 0.05) is 24.3 Å². The number of nitrogens with zero attached hydrogens (tertiary/aromatic N) is 1. The molecule has 0 fully saturated rings. The fraction of sp³-hybridized carbons (Fsp3) is 0.150. The summed E-state index contributed by atoms with van der Waals surface area (Å²) < 4.78 is 0. The van der Waals surface area contributed by atoms with Crippen molar-refractivity contribution >= 4 is 34.0 Å². The van der Waals surface area contributed by atoms with Gasteiger partial charge in [-0.15, -0.1) is 0 Å². The molecule has 1 amide bonds. The number of fused-ring (bicyclic) bond motifs is 1. The lowest BCUT2D eigenvalue weighted by atomic mass is 10.1. The van der Waals surface area contributed by atoms with Crippen LogP contribution in [0.25, 0.3) is 10.8 Å².